The van der Waals surface area contributed by atoms with E-state index in [0.29, 0.717) is 10.7 Å². The van der Waals surface area contributed by atoms with E-state index < -0.39 is 0 Å². The Bertz CT molecular complexity index is 401. The van der Waals surface area contributed by atoms with E-state index in [1.165, 1.54) is 0 Å². The number of nitrogens with one attached hydrogen (secondary N) is 2. The van der Waals surface area contributed by atoms with Crippen molar-refractivity contribution in [3.63, 3.8) is 0 Å². The number of hydrogen-bond acceptors (Lipinski definition) is 3. The molecule has 17 heavy (non-hydrogen) atoms. The van der Waals surface area contributed by atoms with Crippen molar-refractivity contribution in [2.24, 2.45) is 0 Å². The van der Waals surface area contributed by atoms with Gasteiger partial charge in [0, 0.05) is 6.04 Å². The van der Waals surface area contributed by atoms with Crippen LogP contribution < -0.4 is 10.6 Å². The topological polar surface area (TPSA) is 54.3 Å². The van der Waals surface area contributed by atoms with Crippen LogP contribution in [0.4, 0.5) is 0 Å². The number of halogens is 1. The zero-order valence-electron chi connectivity index (χ0n) is 10.00. The molecule has 4 nitrogen and oxygen atoms in total. The van der Waals surface area contributed by atoms with E-state index in [-0.39, 0.29) is 18.0 Å². The van der Waals surface area contributed by atoms with E-state index in [9.17, 15) is 4.79 Å². The summed E-state index contributed by atoms with van der Waals surface area (Å²) in [5, 5.41) is 6.19. The van der Waals surface area contributed by atoms with Gasteiger partial charge in [0.1, 0.15) is 5.76 Å². The Balaban J connectivity index is 1.84. The predicted molar refractivity (Wildman–Crippen MR) is 68.6 cm³/mol. The van der Waals surface area contributed by atoms with Crippen LogP contribution in [0.25, 0.3) is 0 Å². The summed E-state index contributed by atoms with van der Waals surface area (Å²) in [6.07, 6.45) is 2.22. The average Bonchev–Trinajstić information content (AvgIpc) is 2.97. The molecule has 2 unspecified atom stereocenters. The van der Waals surface area contributed by atoms with E-state index in [1.807, 2.05) is 26.0 Å². The van der Waals surface area contributed by atoms with Gasteiger partial charge in [-0.25, -0.2) is 0 Å². The highest BCUT2D eigenvalue weighted by Gasteiger charge is 2.26. The molecule has 1 aromatic rings. The maximum absolute atomic E-state index is 11.8. The molecule has 5 heteroatoms. The van der Waals surface area contributed by atoms with E-state index >= 15 is 0 Å². The number of furan rings is 1. The Kier molecular flexibility index (Phi) is 3.89. The Labute approximate surface area is 109 Å². The molecule has 2 rings (SSSR count). The summed E-state index contributed by atoms with van der Waals surface area (Å²) in [6.45, 7) is 3.85. The zero-order valence-corrected chi connectivity index (χ0v) is 11.6. The SMILES string of the molecule is CC(NC(C)c1ccc(Br)o1)C(=O)NC1CC1. The highest BCUT2D eigenvalue weighted by atomic mass is 79.9. The monoisotopic (exact) mass is 300 g/mol. The van der Waals surface area contributed by atoms with Gasteiger partial charge in [0.05, 0.1) is 12.1 Å². The van der Waals surface area contributed by atoms with Crippen molar-refractivity contribution < 1.29 is 9.21 Å². The molecule has 1 aromatic heterocycles. The minimum absolute atomic E-state index is 0.0150. The Morgan fingerprint density at radius 2 is 2.18 bits per heavy atom. The molecule has 1 amide bonds. The summed E-state index contributed by atoms with van der Waals surface area (Å²) in [4.78, 5) is 11.8. The molecule has 1 saturated carbocycles. The molecule has 0 spiro atoms. The van der Waals surface area contributed by atoms with Gasteiger partial charge in [-0.15, -0.1) is 0 Å². The van der Waals surface area contributed by atoms with Gasteiger partial charge in [0.2, 0.25) is 5.91 Å². The second-order valence-corrected chi connectivity index (χ2v) is 5.32. The third-order valence-corrected chi connectivity index (χ3v) is 3.26. The normalized spacial score (nSPS) is 18.8. The predicted octanol–water partition coefficient (Wildman–Crippen LogP) is 2.36. The van der Waals surface area contributed by atoms with Crippen LogP contribution in [-0.4, -0.2) is 18.0 Å². The second kappa shape index (κ2) is 5.23. The Morgan fingerprint density at radius 3 is 2.71 bits per heavy atom. The third kappa shape index (κ3) is 3.57. The van der Waals surface area contributed by atoms with Crippen LogP contribution in [0.2, 0.25) is 0 Å². The number of amides is 1. The molecule has 1 heterocycles. The molecule has 0 aliphatic heterocycles. The van der Waals surface area contributed by atoms with E-state index in [0.717, 1.165) is 18.6 Å². The van der Waals surface area contributed by atoms with E-state index in [2.05, 4.69) is 26.6 Å². The first kappa shape index (κ1) is 12.6. The van der Waals surface area contributed by atoms with Gasteiger partial charge < -0.3 is 9.73 Å². The quantitative estimate of drug-likeness (QED) is 0.878. The molecule has 2 atom stereocenters. The van der Waals surface area contributed by atoms with Crippen molar-refractivity contribution in [3.05, 3.63) is 22.6 Å². The van der Waals surface area contributed by atoms with Gasteiger partial charge in [0.15, 0.2) is 4.67 Å². The fourth-order valence-corrected chi connectivity index (χ4v) is 1.97. The lowest BCUT2D eigenvalue weighted by molar-refractivity contribution is -0.123. The molecular weight excluding hydrogens is 284 g/mol. The molecule has 0 aromatic carbocycles. The van der Waals surface area contributed by atoms with Crippen LogP contribution in [0.1, 0.15) is 38.5 Å². The lowest BCUT2D eigenvalue weighted by atomic mass is 10.2. The first-order valence-corrected chi connectivity index (χ1v) is 6.67. The highest BCUT2D eigenvalue weighted by Crippen LogP contribution is 2.21. The summed E-state index contributed by atoms with van der Waals surface area (Å²) >= 11 is 3.26. The molecule has 1 fully saturated rings. The number of rotatable bonds is 5. The lowest BCUT2D eigenvalue weighted by Gasteiger charge is -2.18. The van der Waals surface area contributed by atoms with Crippen LogP contribution >= 0.6 is 15.9 Å². The van der Waals surface area contributed by atoms with Crippen molar-refractivity contribution in [2.45, 2.75) is 44.8 Å². The molecule has 0 radical (unpaired) electrons. The lowest BCUT2D eigenvalue weighted by Crippen LogP contribution is -2.43. The minimum Gasteiger partial charge on any atom is -0.453 e. The average molecular weight is 301 g/mol. The molecule has 94 valence electrons. The molecule has 2 N–H and O–H groups in total. The first-order valence-electron chi connectivity index (χ1n) is 5.88. The highest BCUT2D eigenvalue weighted by molar-refractivity contribution is 9.10. The van der Waals surface area contributed by atoms with Crippen LogP contribution in [-0.2, 0) is 4.79 Å². The number of carbonyl (C=O) groups excluding carboxylic acids is 1. The standard InChI is InChI=1S/C12H17BrN2O2/c1-7(10-5-6-11(13)17-10)14-8(2)12(16)15-9-3-4-9/h5-9,14H,3-4H2,1-2H3,(H,15,16). The number of hydrogen-bond donors (Lipinski definition) is 2. The van der Waals surface area contributed by atoms with Crippen molar-refractivity contribution in [3.8, 4) is 0 Å². The summed E-state index contributed by atoms with van der Waals surface area (Å²) < 4.78 is 6.15. The van der Waals surface area contributed by atoms with Gasteiger partial charge >= 0.3 is 0 Å². The van der Waals surface area contributed by atoms with Crippen molar-refractivity contribution >= 4 is 21.8 Å². The first-order chi connectivity index (χ1) is 8.06. The van der Waals surface area contributed by atoms with E-state index in [1.54, 1.807) is 0 Å². The molecule has 1 aliphatic rings. The fraction of sp³-hybridized carbons (Fsp3) is 0.583. The molecular formula is C12H17BrN2O2. The van der Waals surface area contributed by atoms with Gasteiger partial charge in [0.25, 0.3) is 0 Å². The van der Waals surface area contributed by atoms with Gasteiger partial charge in [-0.3, -0.25) is 10.1 Å². The minimum atomic E-state index is -0.213. The second-order valence-electron chi connectivity index (χ2n) is 4.53. The summed E-state index contributed by atoms with van der Waals surface area (Å²) in [7, 11) is 0. The molecule has 1 aliphatic carbocycles. The molecule has 0 bridgehead atoms. The van der Waals surface area contributed by atoms with Crippen molar-refractivity contribution in [2.75, 3.05) is 0 Å². The number of carbonyl (C=O) groups is 1. The van der Waals surface area contributed by atoms with Crippen LogP contribution in [0.15, 0.2) is 21.2 Å². The maximum Gasteiger partial charge on any atom is 0.237 e. The summed E-state index contributed by atoms with van der Waals surface area (Å²) in [5.74, 6) is 0.882. The van der Waals surface area contributed by atoms with Crippen LogP contribution in [0.3, 0.4) is 0 Å². The Morgan fingerprint density at radius 1 is 1.47 bits per heavy atom. The maximum atomic E-state index is 11.8. The third-order valence-electron chi connectivity index (χ3n) is 2.84. The summed E-state index contributed by atoms with van der Waals surface area (Å²) in [6, 6.07) is 3.95. The van der Waals surface area contributed by atoms with Crippen LogP contribution in [0, 0.1) is 0 Å². The largest absolute Gasteiger partial charge is 0.453 e. The van der Waals surface area contributed by atoms with E-state index in [4.69, 9.17) is 4.42 Å². The van der Waals surface area contributed by atoms with Crippen molar-refractivity contribution in [1.82, 2.24) is 10.6 Å². The van der Waals surface area contributed by atoms with Crippen molar-refractivity contribution in [1.29, 1.82) is 0 Å². The van der Waals surface area contributed by atoms with Gasteiger partial charge in [-0.2, -0.15) is 0 Å². The Hall–Kier alpha value is -0.810. The fourth-order valence-electron chi connectivity index (χ4n) is 1.65. The van der Waals surface area contributed by atoms with Gasteiger partial charge in [-0.05, 0) is 54.8 Å². The van der Waals surface area contributed by atoms with Crippen LogP contribution in [0.5, 0.6) is 0 Å². The zero-order chi connectivity index (χ0) is 12.4. The summed E-state index contributed by atoms with van der Waals surface area (Å²) in [5.41, 5.74) is 0. The smallest absolute Gasteiger partial charge is 0.237 e. The van der Waals surface area contributed by atoms with Gasteiger partial charge in [-0.1, -0.05) is 0 Å². The molecule has 0 saturated heterocycles.